The first-order chi connectivity index (χ1) is 8.20. The average molecular weight is 318 g/mol. The van der Waals surface area contributed by atoms with Gasteiger partial charge in [-0.25, -0.2) is 4.79 Å². The summed E-state index contributed by atoms with van der Waals surface area (Å²) >= 11 is 3.10. The van der Waals surface area contributed by atoms with Gasteiger partial charge >= 0.3 is 5.97 Å². The third-order valence-electron chi connectivity index (χ3n) is 1.97. The Balaban J connectivity index is 2.60. The number of nitrogens with one attached hydrogen (secondary N) is 1. The van der Waals surface area contributed by atoms with Crippen LogP contribution in [0.4, 0.5) is 0 Å². The summed E-state index contributed by atoms with van der Waals surface area (Å²) in [4.78, 5) is 23.5. The minimum Gasteiger partial charge on any atom is -0.458 e. The van der Waals surface area contributed by atoms with Crippen molar-refractivity contribution in [2.75, 3.05) is 0 Å². The summed E-state index contributed by atoms with van der Waals surface area (Å²) in [5.74, 6) is -0.871. The zero-order valence-corrected chi connectivity index (χ0v) is 12.3. The molecule has 1 heterocycles. The maximum atomic E-state index is 11.8. The predicted octanol–water partition coefficient (Wildman–Crippen LogP) is 2.50. The van der Waals surface area contributed by atoms with Crippen LogP contribution in [0, 0.1) is 0 Å². The van der Waals surface area contributed by atoms with E-state index in [1.807, 2.05) is 0 Å². The lowest BCUT2D eigenvalue weighted by molar-refractivity contribution is -0.156. The van der Waals surface area contributed by atoms with E-state index < -0.39 is 23.5 Å². The number of rotatable bonds is 3. The number of hydrogen-bond acceptors (Lipinski definition) is 4. The van der Waals surface area contributed by atoms with Crippen molar-refractivity contribution in [3.8, 4) is 0 Å². The Kier molecular flexibility index (Phi) is 4.56. The van der Waals surface area contributed by atoms with Gasteiger partial charge in [-0.05, 0) is 49.7 Å². The molecule has 0 saturated heterocycles. The molecule has 1 aromatic rings. The van der Waals surface area contributed by atoms with Crippen LogP contribution in [0.1, 0.15) is 38.1 Å². The molecule has 0 bridgehead atoms. The molecule has 5 nitrogen and oxygen atoms in total. The highest BCUT2D eigenvalue weighted by atomic mass is 79.9. The molecule has 1 rings (SSSR count). The highest BCUT2D eigenvalue weighted by Gasteiger charge is 2.24. The summed E-state index contributed by atoms with van der Waals surface area (Å²) in [5, 5.41) is 2.54. The molecule has 100 valence electrons. The van der Waals surface area contributed by atoms with Crippen LogP contribution in [0.5, 0.6) is 0 Å². The lowest BCUT2D eigenvalue weighted by Gasteiger charge is -2.22. The van der Waals surface area contributed by atoms with Gasteiger partial charge in [0.2, 0.25) is 0 Å². The number of hydrogen-bond donors (Lipinski definition) is 1. The zero-order chi connectivity index (χ0) is 13.9. The minimum absolute atomic E-state index is 0.330. The van der Waals surface area contributed by atoms with E-state index in [4.69, 9.17) is 9.15 Å². The van der Waals surface area contributed by atoms with Gasteiger partial charge < -0.3 is 14.5 Å². The number of halogens is 1. The Morgan fingerprint density at radius 1 is 1.44 bits per heavy atom. The van der Waals surface area contributed by atoms with Crippen LogP contribution in [0.2, 0.25) is 0 Å². The Morgan fingerprint density at radius 2 is 2.06 bits per heavy atom. The van der Waals surface area contributed by atoms with Crippen molar-refractivity contribution in [3.05, 3.63) is 22.6 Å². The van der Waals surface area contributed by atoms with Crippen molar-refractivity contribution in [1.82, 2.24) is 5.32 Å². The van der Waals surface area contributed by atoms with Crippen molar-refractivity contribution in [3.63, 3.8) is 0 Å². The highest BCUT2D eigenvalue weighted by Crippen LogP contribution is 2.17. The van der Waals surface area contributed by atoms with E-state index in [2.05, 4.69) is 21.2 Å². The SMILES string of the molecule is C[C@H](NC(=O)c1ccoc1Br)C(=O)OC(C)(C)C. The van der Waals surface area contributed by atoms with Gasteiger partial charge in [-0.1, -0.05) is 0 Å². The van der Waals surface area contributed by atoms with Gasteiger partial charge in [-0.2, -0.15) is 0 Å². The Labute approximate surface area is 114 Å². The zero-order valence-electron chi connectivity index (χ0n) is 10.7. The van der Waals surface area contributed by atoms with E-state index in [0.717, 1.165) is 0 Å². The second-order valence-corrected chi connectivity index (χ2v) is 5.56. The molecule has 0 aliphatic rings. The maximum absolute atomic E-state index is 11.8. The molecule has 0 radical (unpaired) electrons. The minimum atomic E-state index is -0.724. The van der Waals surface area contributed by atoms with Crippen LogP contribution in [0.25, 0.3) is 0 Å². The third-order valence-corrected chi connectivity index (χ3v) is 2.58. The molecule has 0 aliphatic carbocycles. The molecular weight excluding hydrogens is 302 g/mol. The number of carbonyl (C=O) groups excluding carboxylic acids is 2. The van der Waals surface area contributed by atoms with Crippen LogP contribution in [0.3, 0.4) is 0 Å². The summed E-state index contributed by atoms with van der Waals surface area (Å²) in [7, 11) is 0. The van der Waals surface area contributed by atoms with Crippen molar-refractivity contribution in [2.24, 2.45) is 0 Å². The van der Waals surface area contributed by atoms with Crippen LogP contribution >= 0.6 is 15.9 Å². The largest absolute Gasteiger partial charge is 0.458 e. The number of furan rings is 1. The fourth-order valence-electron chi connectivity index (χ4n) is 1.18. The Hall–Kier alpha value is -1.30. The monoisotopic (exact) mass is 317 g/mol. The fourth-order valence-corrected chi connectivity index (χ4v) is 1.60. The van der Waals surface area contributed by atoms with E-state index in [1.54, 1.807) is 27.7 Å². The smallest absolute Gasteiger partial charge is 0.328 e. The predicted molar refractivity (Wildman–Crippen MR) is 69.2 cm³/mol. The van der Waals surface area contributed by atoms with Gasteiger partial charge in [0, 0.05) is 0 Å². The van der Waals surface area contributed by atoms with Crippen LogP contribution < -0.4 is 5.32 Å². The summed E-state index contributed by atoms with van der Waals surface area (Å²) < 4.78 is 10.4. The first-order valence-corrected chi connectivity index (χ1v) is 6.27. The first kappa shape index (κ1) is 14.8. The number of carbonyl (C=O) groups is 2. The van der Waals surface area contributed by atoms with Gasteiger partial charge in [-0.3, -0.25) is 4.79 Å². The second-order valence-electron chi connectivity index (χ2n) is 4.84. The molecule has 0 saturated carbocycles. The lowest BCUT2D eigenvalue weighted by atomic mass is 10.2. The average Bonchev–Trinajstić information content (AvgIpc) is 2.61. The third kappa shape index (κ3) is 4.18. The standard InChI is InChI=1S/C12H16BrNO4/c1-7(11(16)18-12(2,3)4)14-10(15)8-5-6-17-9(8)13/h5-7H,1-4H3,(H,14,15)/t7-/m0/s1. The molecule has 0 fully saturated rings. The molecule has 1 aromatic heterocycles. The van der Waals surface area contributed by atoms with Crippen molar-refractivity contribution < 1.29 is 18.7 Å². The second kappa shape index (κ2) is 5.56. The van der Waals surface area contributed by atoms with E-state index >= 15 is 0 Å². The molecule has 1 atom stereocenters. The Bertz CT molecular complexity index is 447. The maximum Gasteiger partial charge on any atom is 0.328 e. The van der Waals surface area contributed by atoms with Crippen LogP contribution in [-0.4, -0.2) is 23.5 Å². The summed E-state index contributed by atoms with van der Waals surface area (Å²) in [6.07, 6.45) is 1.39. The summed E-state index contributed by atoms with van der Waals surface area (Å²) in [6.45, 7) is 6.88. The Morgan fingerprint density at radius 3 is 2.50 bits per heavy atom. The molecule has 6 heteroatoms. The molecule has 0 unspecified atom stereocenters. The molecular formula is C12H16BrNO4. The van der Waals surface area contributed by atoms with E-state index in [-0.39, 0.29) is 0 Å². The quantitative estimate of drug-likeness (QED) is 0.870. The van der Waals surface area contributed by atoms with E-state index in [1.165, 1.54) is 12.3 Å². The topological polar surface area (TPSA) is 68.5 Å². The first-order valence-electron chi connectivity index (χ1n) is 5.47. The van der Waals surface area contributed by atoms with Crippen molar-refractivity contribution in [1.29, 1.82) is 0 Å². The fraction of sp³-hybridized carbons (Fsp3) is 0.500. The lowest BCUT2D eigenvalue weighted by Crippen LogP contribution is -2.42. The van der Waals surface area contributed by atoms with Crippen LogP contribution in [-0.2, 0) is 9.53 Å². The van der Waals surface area contributed by atoms with Crippen LogP contribution in [0.15, 0.2) is 21.4 Å². The van der Waals surface area contributed by atoms with E-state index in [9.17, 15) is 9.59 Å². The molecule has 0 aliphatic heterocycles. The summed E-state index contributed by atoms with van der Waals surface area (Å²) in [5.41, 5.74) is -0.239. The molecule has 1 N–H and O–H groups in total. The number of amides is 1. The van der Waals surface area contributed by atoms with Gasteiger partial charge in [0.1, 0.15) is 11.6 Å². The molecule has 0 aromatic carbocycles. The normalized spacial score (nSPS) is 12.9. The van der Waals surface area contributed by atoms with Gasteiger partial charge in [0.25, 0.3) is 5.91 Å². The van der Waals surface area contributed by atoms with E-state index in [0.29, 0.717) is 10.2 Å². The van der Waals surface area contributed by atoms with Gasteiger partial charge in [0.05, 0.1) is 11.8 Å². The summed E-state index contributed by atoms with van der Waals surface area (Å²) in [6, 6.07) is 0.792. The molecule has 0 spiro atoms. The van der Waals surface area contributed by atoms with Gasteiger partial charge in [-0.15, -0.1) is 0 Å². The van der Waals surface area contributed by atoms with Crippen molar-refractivity contribution >= 4 is 27.8 Å². The van der Waals surface area contributed by atoms with Crippen molar-refractivity contribution in [2.45, 2.75) is 39.3 Å². The highest BCUT2D eigenvalue weighted by molar-refractivity contribution is 9.10. The molecule has 1 amide bonds. The van der Waals surface area contributed by atoms with Gasteiger partial charge in [0.15, 0.2) is 4.67 Å². The number of ether oxygens (including phenoxy) is 1. The number of esters is 1. The molecule has 18 heavy (non-hydrogen) atoms.